The van der Waals surface area contributed by atoms with E-state index in [0.29, 0.717) is 0 Å². The van der Waals surface area contributed by atoms with Gasteiger partial charge in [-0.3, -0.25) is 0 Å². The number of allylic oxidation sites excluding steroid dienone is 1. The van der Waals surface area contributed by atoms with Gasteiger partial charge in [0.2, 0.25) is 0 Å². The Bertz CT molecular complexity index is 545. The highest BCUT2D eigenvalue weighted by atomic mass is 14.6. The second-order valence-corrected chi connectivity index (χ2v) is 4.00. The van der Waals surface area contributed by atoms with E-state index in [4.69, 9.17) is 11.5 Å². The first kappa shape index (κ1) is 13.8. The van der Waals surface area contributed by atoms with E-state index in [1.165, 1.54) is 5.56 Å². The summed E-state index contributed by atoms with van der Waals surface area (Å²) in [6, 6.07) is 13.7. The lowest BCUT2D eigenvalue weighted by Gasteiger charge is -2.11. The molecule has 4 N–H and O–H groups in total. The Labute approximate surface area is 109 Å². The molecule has 0 heterocycles. The van der Waals surface area contributed by atoms with E-state index in [2.05, 4.69) is 18.7 Å². The quantitative estimate of drug-likeness (QED) is 0.634. The molecule has 0 fully saturated rings. The zero-order chi connectivity index (χ0) is 12.3. The number of nitrogens with two attached hydrogens (primary N) is 2. The minimum Gasteiger partial charge on any atom is -0.399 e. The number of rotatable bonds is 3. The molecule has 0 atom stereocenters. The van der Waals surface area contributed by atoms with Crippen LogP contribution in [0.5, 0.6) is 0 Å². The van der Waals surface area contributed by atoms with Crippen LogP contribution in [0.15, 0.2) is 55.1 Å². The van der Waals surface area contributed by atoms with E-state index in [9.17, 15) is 0 Å². The molecule has 0 bridgehead atoms. The largest absolute Gasteiger partial charge is 0.399 e. The van der Waals surface area contributed by atoms with Crippen molar-refractivity contribution >= 4 is 11.4 Å². The predicted molar refractivity (Wildman–Crippen MR) is 77.8 cm³/mol. The van der Waals surface area contributed by atoms with E-state index in [1.54, 1.807) is 0 Å². The van der Waals surface area contributed by atoms with Crippen LogP contribution in [0.4, 0.5) is 11.4 Å². The monoisotopic (exact) mass is 236 g/mol. The number of nitrogen functional groups attached to an aromatic ring is 2. The third-order valence-corrected chi connectivity index (χ3v) is 2.75. The summed E-state index contributed by atoms with van der Waals surface area (Å²) in [5.41, 5.74) is 16.6. The van der Waals surface area contributed by atoms with Crippen LogP contribution < -0.4 is 11.5 Å². The Hall–Kier alpha value is -2.22. The zero-order valence-corrected chi connectivity index (χ0v) is 10.2. The van der Waals surface area contributed by atoms with Gasteiger partial charge in [-0.1, -0.05) is 30.3 Å². The maximum absolute atomic E-state index is 6.01. The molecule has 0 unspecified atom stereocenters. The molecular formula is C16H16N2. The molecule has 0 aliphatic rings. The first-order valence-corrected chi connectivity index (χ1v) is 5.56. The van der Waals surface area contributed by atoms with Crippen molar-refractivity contribution in [2.24, 2.45) is 0 Å². The summed E-state index contributed by atoms with van der Waals surface area (Å²) >= 11 is 0. The van der Waals surface area contributed by atoms with Crippen molar-refractivity contribution in [3.63, 3.8) is 0 Å². The fraction of sp³-hybridized carbons (Fsp3) is 0.0625. The fourth-order valence-corrected chi connectivity index (χ4v) is 1.92. The van der Waals surface area contributed by atoms with Gasteiger partial charge in [-0.25, -0.2) is 0 Å². The summed E-state index contributed by atoms with van der Waals surface area (Å²) in [6.07, 6.45) is 2.71. The van der Waals surface area contributed by atoms with Crippen LogP contribution in [-0.2, 0) is 6.42 Å². The Morgan fingerprint density at radius 3 is 2.44 bits per heavy atom. The normalized spacial score (nSPS) is 9.56. The molecule has 0 saturated carbocycles. The van der Waals surface area contributed by atoms with Crippen molar-refractivity contribution in [2.75, 3.05) is 11.5 Å². The topological polar surface area (TPSA) is 52.0 Å². The summed E-state index contributed by atoms with van der Waals surface area (Å²) in [6.45, 7) is 3.77. The molecule has 2 heteroatoms. The van der Waals surface area contributed by atoms with Crippen molar-refractivity contribution < 1.29 is 0 Å². The summed E-state index contributed by atoms with van der Waals surface area (Å²) in [4.78, 5) is 0. The van der Waals surface area contributed by atoms with Crippen LogP contribution in [0.2, 0.25) is 0 Å². The number of benzene rings is 2. The van der Waals surface area contributed by atoms with Crippen LogP contribution >= 0.6 is 0 Å². The predicted octanol–water partition coefficient (Wildman–Crippen LogP) is 3.33. The standard InChI is InChI=1S/C15H16N2.C/c1-2-5-11-6-3-4-7-13(11)14-10-12(16)8-9-15(14)17;/h2-4,6-10H,1,5,16-17H2;. The lowest BCUT2D eigenvalue weighted by atomic mass is 9.96. The van der Waals surface area contributed by atoms with E-state index in [-0.39, 0.29) is 7.43 Å². The Balaban J connectivity index is 0.00000162. The van der Waals surface area contributed by atoms with Crippen molar-refractivity contribution in [3.05, 3.63) is 68.1 Å². The van der Waals surface area contributed by atoms with Gasteiger partial charge in [-0.05, 0) is 35.7 Å². The lowest BCUT2D eigenvalue weighted by Crippen LogP contribution is -1.95. The van der Waals surface area contributed by atoms with Crippen LogP contribution in [0.1, 0.15) is 5.56 Å². The van der Waals surface area contributed by atoms with E-state index in [0.717, 1.165) is 28.9 Å². The Morgan fingerprint density at radius 2 is 1.72 bits per heavy atom. The van der Waals surface area contributed by atoms with Crippen molar-refractivity contribution in [2.45, 2.75) is 6.42 Å². The Kier molecular flexibility index (Phi) is 4.55. The molecular weight excluding hydrogens is 220 g/mol. The summed E-state index contributed by atoms with van der Waals surface area (Å²) in [5.74, 6) is 0. The lowest BCUT2D eigenvalue weighted by molar-refractivity contribution is 1.28. The van der Waals surface area contributed by atoms with Crippen LogP contribution in [0, 0.1) is 7.43 Å². The molecule has 0 aliphatic heterocycles. The van der Waals surface area contributed by atoms with Gasteiger partial charge >= 0.3 is 0 Å². The molecule has 18 heavy (non-hydrogen) atoms. The molecule has 0 amide bonds. The molecule has 2 rings (SSSR count). The summed E-state index contributed by atoms with van der Waals surface area (Å²) in [5, 5.41) is 0. The van der Waals surface area contributed by atoms with Gasteiger partial charge < -0.3 is 11.5 Å². The van der Waals surface area contributed by atoms with E-state index in [1.807, 2.05) is 36.4 Å². The summed E-state index contributed by atoms with van der Waals surface area (Å²) < 4.78 is 0. The fourth-order valence-electron chi connectivity index (χ4n) is 1.92. The number of anilines is 2. The maximum atomic E-state index is 6.01. The van der Waals surface area contributed by atoms with Gasteiger partial charge in [-0.2, -0.15) is 0 Å². The summed E-state index contributed by atoms with van der Waals surface area (Å²) in [7, 11) is 0. The van der Waals surface area contributed by atoms with Crippen LogP contribution in [-0.4, -0.2) is 0 Å². The number of hydrogen-bond donors (Lipinski definition) is 2. The maximum Gasteiger partial charge on any atom is 0.0395 e. The van der Waals surface area contributed by atoms with E-state index < -0.39 is 0 Å². The zero-order valence-electron chi connectivity index (χ0n) is 10.2. The van der Waals surface area contributed by atoms with Crippen molar-refractivity contribution in [1.29, 1.82) is 0 Å². The third kappa shape index (κ3) is 2.72. The van der Waals surface area contributed by atoms with Crippen molar-refractivity contribution in [1.82, 2.24) is 0 Å². The van der Waals surface area contributed by atoms with Gasteiger partial charge in [0, 0.05) is 24.4 Å². The minimum atomic E-state index is 0. The van der Waals surface area contributed by atoms with Crippen LogP contribution in [0.25, 0.3) is 11.1 Å². The highest BCUT2D eigenvalue weighted by Crippen LogP contribution is 2.30. The molecule has 4 radical (unpaired) electrons. The smallest absolute Gasteiger partial charge is 0.0395 e. The minimum absolute atomic E-state index is 0. The molecule has 0 saturated heterocycles. The molecule has 0 aromatic heterocycles. The molecule has 2 aromatic rings. The molecule has 2 nitrogen and oxygen atoms in total. The molecule has 0 spiro atoms. The average molecular weight is 236 g/mol. The first-order chi connectivity index (χ1) is 8.22. The average Bonchev–Trinajstić information content (AvgIpc) is 2.34. The molecule has 90 valence electrons. The highest BCUT2D eigenvalue weighted by molar-refractivity contribution is 5.81. The van der Waals surface area contributed by atoms with Crippen molar-refractivity contribution in [3.8, 4) is 11.1 Å². The van der Waals surface area contributed by atoms with Gasteiger partial charge in [0.25, 0.3) is 0 Å². The molecule has 2 aromatic carbocycles. The molecule has 0 aliphatic carbocycles. The van der Waals surface area contributed by atoms with Gasteiger partial charge in [-0.15, -0.1) is 6.58 Å². The van der Waals surface area contributed by atoms with Gasteiger partial charge in [0.15, 0.2) is 0 Å². The van der Waals surface area contributed by atoms with Crippen LogP contribution in [0.3, 0.4) is 0 Å². The van der Waals surface area contributed by atoms with Gasteiger partial charge in [0.05, 0.1) is 0 Å². The van der Waals surface area contributed by atoms with Gasteiger partial charge in [0.1, 0.15) is 0 Å². The Morgan fingerprint density at radius 1 is 1.00 bits per heavy atom. The number of hydrogen-bond acceptors (Lipinski definition) is 2. The third-order valence-electron chi connectivity index (χ3n) is 2.75. The second-order valence-electron chi connectivity index (χ2n) is 4.00. The van der Waals surface area contributed by atoms with E-state index >= 15 is 0 Å². The highest BCUT2D eigenvalue weighted by Gasteiger charge is 2.07. The SMILES string of the molecule is C=CCc1ccccc1-c1cc(N)ccc1N.[C]. The second kappa shape index (κ2) is 5.92. The first-order valence-electron chi connectivity index (χ1n) is 5.56.